The third-order valence-electron chi connectivity index (χ3n) is 9.74. The first-order valence-corrected chi connectivity index (χ1v) is 13.5. The van der Waals surface area contributed by atoms with E-state index in [9.17, 15) is 0 Å². The third kappa shape index (κ3) is 5.85. The Morgan fingerprint density at radius 1 is 0.448 bits per heavy atom. The SMILES string of the molecule is CC1CCC(C2CCC(N=NC3CCC(C4CCC(C)CC4)C(C)C3)CC2)CC1. The Hall–Kier alpha value is -0.400. The first-order chi connectivity index (χ1) is 14.1. The summed E-state index contributed by atoms with van der Waals surface area (Å²) in [7, 11) is 0. The highest BCUT2D eigenvalue weighted by Crippen LogP contribution is 2.44. The van der Waals surface area contributed by atoms with Gasteiger partial charge < -0.3 is 0 Å². The highest BCUT2D eigenvalue weighted by Gasteiger charge is 2.35. The molecule has 0 amide bonds. The minimum atomic E-state index is 0.529. The largest absolute Gasteiger partial charge is 0.191 e. The van der Waals surface area contributed by atoms with Crippen LogP contribution in [0.3, 0.4) is 0 Å². The molecule has 0 heterocycles. The Kier molecular flexibility index (Phi) is 7.73. The molecule has 2 nitrogen and oxygen atoms in total. The fourth-order valence-corrected chi connectivity index (χ4v) is 7.54. The summed E-state index contributed by atoms with van der Waals surface area (Å²) in [5, 5.41) is 9.83. The third-order valence-corrected chi connectivity index (χ3v) is 9.74. The van der Waals surface area contributed by atoms with Crippen LogP contribution in [0.4, 0.5) is 0 Å². The fraction of sp³-hybridized carbons (Fsp3) is 1.00. The molecule has 0 aliphatic heterocycles. The van der Waals surface area contributed by atoms with E-state index in [1.807, 2.05) is 0 Å². The maximum atomic E-state index is 4.92. The van der Waals surface area contributed by atoms with Gasteiger partial charge in [-0.15, -0.1) is 0 Å². The zero-order chi connectivity index (χ0) is 20.2. The molecule has 0 N–H and O–H groups in total. The highest BCUT2D eigenvalue weighted by molar-refractivity contribution is 4.88. The van der Waals surface area contributed by atoms with Gasteiger partial charge in [0.05, 0.1) is 12.1 Å². The van der Waals surface area contributed by atoms with E-state index < -0.39 is 0 Å². The van der Waals surface area contributed by atoms with Gasteiger partial charge in [0.25, 0.3) is 0 Å². The van der Waals surface area contributed by atoms with Crippen LogP contribution < -0.4 is 0 Å². The normalized spacial score (nSPS) is 47.3. The lowest BCUT2D eigenvalue weighted by Crippen LogP contribution is -2.32. The van der Waals surface area contributed by atoms with Crippen molar-refractivity contribution in [2.75, 3.05) is 0 Å². The Labute approximate surface area is 181 Å². The summed E-state index contributed by atoms with van der Waals surface area (Å²) >= 11 is 0. The van der Waals surface area contributed by atoms with Crippen LogP contribution in [0.25, 0.3) is 0 Å². The van der Waals surface area contributed by atoms with Gasteiger partial charge in [-0.3, -0.25) is 0 Å². The topological polar surface area (TPSA) is 24.7 Å². The summed E-state index contributed by atoms with van der Waals surface area (Å²) in [6.45, 7) is 7.40. The lowest BCUT2D eigenvalue weighted by molar-refractivity contribution is 0.115. The molecule has 4 aliphatic carbocycles. The molecular formula is C27H48N2. The molecule has 4 rings (SSSR count). The monoisotopic (exact) mass is 400 g/mol. The van der Waals surface area contributed by atoms with Crippen LogP contribution in [0, 0.1) is 41.4 Å². The quantitative estimate of drug-likeness (QED) is 0.423. The molecule has 4 aliphatic rings. The molecule has 4 fully saturated rings. The maximum Gasteiger partial charge on any atom is 0.0711 e. The maximum absolute atomic E-state index is 4.92. The van der Waals surface area contributed by atoms with Crippen LogP contribution in [-0.4, -0.2) is 12.1 Å². The van der Waals surface area contributed by atoms with Gasteiger partial charge in [-0.25, -0.2) is 0 Å². The number of azo groups is 1. The van der Waals surface area contributed by atoms with Gasteiger partial charge in [-0.1, -0.05) is 46.5 Å². The van der Waals surface area contributed by atoms with Crippen LogP contribution in [0.15, 0.2) is 10.2 Å². The average Bonchev–Trinajstić information content (AvgIpc) is 2.74. The van der Waals surface area contributed by atoms with Crippen molar-refractivity contribution in [1.82, 2.24) is 0 Å². The van der Waals surface area contributed by atoms with E-state index in [-0.39, 0.29) is 0 Å². The second kappa shape index (κ2) is 10.3. The minimum absolute atomic E-state index is 0.529. The first-order valence-electron chi connectivity index (χ1n) is 13.5. The molecular weight excluding hydrogens is 352 g/mol. The molecule has 4 saturated carbocycles. The Morgan fingerprint density at radius 3 is 1.45 bits per heavy atom. The zero-order valence-corrected chi connectivity index (χ0v) is 19.7. The Morgan fingerprint density at radius 2 is 0.897 bits per heavy atom. The molecule has 166 valence electrons. The standard InChI is InChI=1S/C27H48N2/c1-19-4-8-22(9-5-19)23-12-14-25(15-13-23)28-29-26-16-17-27(21(3)18-26)24-10-6-20(2)7-11-24/h19-27H,4-18H2,1-3H3. The molecule has 29 heavy (non-hydrogen) atoms. The van der Waals surface area contributed by atoms with Gasteiger partial charge in [-0.2, -0.15) is 10.2 Å². The second-order valence-electron chi connectivity index (χ2n) is 11.9. The fourth-order valence-electron chi connectivity index (χ4n) is 7.54. The summed E-state index contributed by atoms with van der Waals surface area (Å²) in [5.41, 5.74) is 0. The molecule has 0 saturated heterocycles. The number of hydrogen-bond acceptors (Lipinski definition) is 2. The smallest absolute Gasteiger partial charge is 0.0711 e. The molecule has 2 heteroatoms. The lowest BCUT2D eigenvalue weighted by atomic mass is 9.66. The molecule has 0 spiro atoms. The summed E-state index contributed by atoms with van der Waals surface area (Å²) < 4.78 is 0. The lowest BCUT2D eigenvalue weighted by Gasteiger charge is -2.40. The van der Waals surface area contributed by atoms with Crippen molar-refractivity contribution in [3.8, 4) is 0 Å². The van der Waals surface area contributed by atoms with Crippen LogP contribution >= 0.6 is 0 Å². The van der Waals surface area contributed by atoms with E-state index in [1.165, 1.54) is 96.3 Å². The molecule has 0 aromatic rings. The van der Waals surface area contributed by atoms with Gasteiger partial charge in [-0.05, 0) is 112 Å². The van der Waals surface area contributed by atoms with Gasteiger partial charge in [0.1, 0.15) is 0 Å². The van der Waals surface area contributed by atoms with E-state index in [2.05, 4.69) is 20.8 Å². The van der Waals surface area contributed by atoms with Crippen LogP contribution in [0.1, 0.15) is 117 Å². The van der Waals surface area contributed by atoms with Gasteiger partial charge in [0, 0.05) is 0 Å². The number of hydrogen-bond donors (Lipinski definition) is 0. The zero-order valence-electron chi connectivity index (χ0n) is 19.7. The van der Waals surface area contributed by atoms with Crippen molar-refractivity contribution < 1.29 is 0 Å². The predicted octanol–water partition coefficient (Wildman–Crippen LogP) is 8.45. The molecule has 0 aromatic heterocycles. The van der Waals surface area contributed by atoms with Crippen molar-refractivity contribution in [1.29, 1.82) is 0 Å². The van der Waals surface area contributed by atoms with Gasteiger partial charge in [0.15, 0.2) is 0 Å². The van der Waals surface area contributed by atoms with E-state index in [0.717, 1.165) is 41.4 Å². The summed E-state index contributed by atoms with van der Waals surface area (Å²) in [4.78, 5) is 0. The molecule has 3 unspecified atom stereocenters. The van der Waals surface area contributed by atoms with Crippen molar-refractivity contribution in [3.05, 3.63) is 0 Å². The molecule has 0 bridgehead atoms. The highest BCUT2D eigenvalue weighted by atomic mass is 15.1. The van der Waals surface area contributed by atoms with Crippen LogP contribution in [0.2, 0.25) is 0 Å². The van der Waals surface area contributed by atoms with Crippen molar-refractivity contribution in [3.63, 3.8) is 0 Å². The van der Waals surface area contributed by atoms with Gasteiger partial charge >= 0.3 is 0 Å². The predicted molar refractivity (Wildman–Crippen MR) is 123 cm³/mol. The van der Waals surface area contributed by atoms with Crippen molar-refractivity contribution in [2.45, 2.75) is 129 Å². The molecule has 0 aromatic carbocycles. The Balaban J connectivity index is 1.18. The van der Waals surface area contributed by atoms with Crippen LogP contribution in [-0.2, 0) is 0 Å². The molecule has 3 atom stereocenters. The average molecular weight is 401 g/mol. The van der Waals surface area contributed by atoms with E-state index >= 15 is 0 Å². The van der Waals surface area contributed by atoms with Crippen molar-refractivity contribution in [2.24, 2.45) is 51.7 Å². The van der Waals surface area contributed by atoms with Crippen molar-refractivity contribution >= 4 is 0 Å². The minimum Gasteiger partial charge on any atom is -0.191 e. The second-order valence-corrected chi connectivity index (χ2v) is 11.9. The Bertz CT molecular complexity index is 505. The van der Waals surface area contributed by atoms with E-state index in [0.29, 0.717) is 12.1 Å². The summed E-state index contributed by atoms with van der Waals surface area (Å²) in [6.07, 6.45) is 21.4. The van der Waals surface area contributed by atoms with E-state index in [4.69, 9.17) is 10.2 Å². The van der Waals surface area contributed by atoms with Crippen LogP contribution in [0.5, 0.6) is 0 Å². The molecule has 0 radical (unpaired) electrons. The number of rotatable bonds is 4. The summed E-state index contributed by atoms with van der Waals surface area (Å²) in [5.74, 6) is 6.83. The first kappa shape index (κ1) is 21.8. The number of nitrogens with zero attached hydrogens (tertiary/aromatic N) is 2. The summed E-state index contributed by atoms with van der Waals surface area (Å²) in [6, 6.07) is 1.07. The van der Waals surface area contributed by atoms with Gasteiger partial charge in [0.2, 0.25) is 0 Å². The van der Waals surface area contributed by atoms with E-state index in [1.54, 1.807) is 0 Å².